The molecule has 1 aromatic heterocycles. The van der Waals surface area contributed by atoms with Crippen molar-refractivity contribution in [2.45, 2.75) is 19.8 Å². The predicted octanol–water partition coefficient (Wildman–Crippen LogP) is 1.42. The zero-order valence-electron chi connectivity index (χ0n) is 7.18. The molecule has 0 fully saturated rings. The summed E-state index contributed by atoms with van der Waals surface area (Å²) in [7, 11) is 0. The van der Waals surface area contributed by atoms with E-state index in [9.17, 15) is 4.39 Å². The molecular weight excluding hydrogens is 155 g/mol. The summed E-state index contributed by atoms with van der Waals surface area (Å²) in [5.41, 5.74) is 7.21. The standard InChI is InChI=1S/C9H13FN2/c1-7-5-8(10)6-12-9(7)3-2-4-11/h5-6H,2-4,11H2,1H3. The Labute approximate surface area is 71.6 Å². The van der Waals surface area contributed by atoms with Crippen LogP contribution in [0.4, 0.5) is 4.39 Å². The molecule has 0 saturated heterocycles. The molecule has 0 atom stereocenters. The second kappa shape index (κ2) is 4.16. The molecule has 0 aliphatic heterocycles. The Balaban J connectivity index is 2.72. The first kappa shape index (κ1) is 9.13. The summed E-state index contributed by atoms with van der Waals surface area (Å²) in [6.07, 6.45) is 2.99. The first-order valence-corrected chi connectivity index (χ1v) is 4.05. The van der Waals surface area contributed by atoms with Crippen LogP contribution in [0.2, 0.25) is 0 Å². The van der Waals surface area contributed by atoms with Crippen LogP contribution in [0.5, 0.6) is 0 Å². The van der Waals surface area contributed by atoms with Crippen molar-refractivity contribution >= 4 is 0 Å². The maximum absolute atomic E-state index is 12.6. The van der Waals surface area contributed by atoms with Gasteiger partial charge in [0.15, 0.2) is 0 Å². The predicted molar refractivity (Wildman–Crippen MR) is 46.3 cm³/mol. The third-order valence-corrected chi connectivity index (χ3v) is 1.77. The normalized spacial score (nSPS) is 10.2. The van der Waals surface area contributed by atoms with Crippen LogP contribution in [0.1, 0.15) is 17.7 Å². The SMILES string of the molecule is Cc1cc(F)cnc1CCCN. The van der Waals surface area contributed by atoms with E-state index in [0.717, 1.165) is 24.1 Å². The molecule has 0 saturated carbocycles. The van der Waals surface area contributed by atoms with Crippen molar-refractivity contribution in [3.05, 3.63) is 29.3 Å². The van der Waals surface area contributed by atoms with E-state index < -0.39 is 0 Å². The lowest BCUT2D eigenvalue weighted by Gasteiger charge is -2.02. The van der Waals surface area contributed by atoms with E-state index in [1.165, 1.54) is 12.3 Å². The molecule has 0 aromatic carbocycles. The zero-order chi connectivity index (χ0) is 8.97. The fraction of sp³-hybridized carbons (Fsp3) is 0.444. The maximum atomic E-state index is 12.6. The smallest absolute Gasteiger partial charge is 0.141 e. The van der Waals surface area contributed by atoms with E-state index in [2.05, 4.69) is 4.98 Å². The third kappa shape index (κ3) is 2.27. The average Bonchev–Trinajstić information content (AvgIpc) is 2.03. The van der Waals surface area contributed by atoms with Gasteiger partial charge in [0.1, 0.15) is 5.82 Å². The number of aromatic nitrogens is 1. The fourth-order valence-corrected chi connectivity index (χ4v) is 1.10. The number of rotatable bonds is 3. The Kier molecular flexibility index (Phi) is 3.17. The molecule has 0 amide bonds. The molecule has 1 aromatic rings. The van der Waals surface area contributed by atoms with Gasteiger partial charge in [-0.05, 0) is 37.9 Å². The number of hydrogen-bond donors (Lipinski definition) is 1. The molecule has 0 spiro atoms. The van der Waals surface area contributed by atoms with Crippen LogP contribution >= 0.6 is 0 Å². The Morgan fingerprint density at radius 3 is 2.92 bits per heavy atom. The molecule has 12 heavy (non-hydrogen) atoms. The lowest BCUT2D eigenvalue weighted by molar-refractivity contribution is 0.616. The van der Waals surface area contributed by atoms with Crippen molar-refractivity contribution in [2.75, 3.05) is 6.54 Å². The minimum atomic E-state index is -0.274. The second-order valence-corrected chi connectivity index (χ2v) is 2.81. The molecule has 2 nitrogen and oxygen atoms in total. The molecule has 66 valence electrons. The maximum Gasteiger partial charge on any atom is 0.141 e. The fourth-order valence-electron chi connectivity index (χ4n) is 1.10. The number of hydrogen-bond acceptors (Lipinski definition) is 2. The molecule has 0 radical (unpaired) electrons. The highest BCUT2D eigenvalue weighted by Gasteiger charge is 2.00. The molecule has 0 unspecified atom stereocenters. The summed E-state index contributed by atoms with van der Waals surface area (Å²) in [4.78, 5) is 3.98. The van der Waals surface area contributed by atoms with Gasteiger partial charge < -0.3 is 5.73 Å². The van der Waals surface area contributed by atoms with Gasteiger partial charge in [0.2, 0.25) is 0 Å². The van der Waals surface area contributed by atoms with E-state index in [0.29, 0.717) is 6.54 Å². The summed E-state index contributed by atoms with van der Waals surface area (Å²) in [6, 6.07) is 1.50. The van der Waals surface area contributed by atoms with Crippen molar-refractivity contribution < 1.29 is 4.39 Å². The first-order chi connectivity index (χ1) is 5.74. The second-order valence-electron chi connectivity index (χ2n) is 2.81. The van der Waals surface area contributed by atoms with Gasteiger partial charge in [0.05, 0.1) is 6.20 Å². The van der Waals surface area contributed by atoms with Crippen LogP contribution in [-0.4, -0.2) is 11.5 Å². The summed E-state index contributed by atoms with van der Waals surface area (Å²) in [6.45, 7) is 2.51. The minimum absolute atomic E-state index is 0.274. The topological polar surface area (TPSA) is 38.9 Å². The summed E-state index contributed by atoms with van der Waals surface area (Å²) in [5, 5.41) is 0. The van der Waals surface area contributed by atoms with Gasteiger partial charge in [-0.25, -0.2) is 4.39 Å². The number of aryl methyl sites for hydroxylation is 2. The van der Waals surface area contributed by atoms with Crippen molar-refractivity contribution in [3.8, 4) is 0 Å². The van der Waals surface area contributed by atoms with Crippen molar-refractivity contribution in [1.29, 1.82) is 0 Å². The Bertz CT molecular complexity index is 261. The minimum Gasteiger partial charge on any atom is -0.330 e. The summed E-state index contributed by atoms with van der Waals surface area (Å²) >= 11 is 0. The van der Waals surface area contributed by atoms with Crippen molar-refractivity contribution in [1.82, 2.24) is 4.98 Å². The Morgan fingerprint density at radius 1 is 1.58 bits per heavy atom. The molecule has 0 aliphatic rings. The van der Waals surface area contributed by atoms with Crippen molar-refractivity contribution in [2.24, 2.45) is 5.73 Å². The van der Waals surface area contributed by atoms with Crippen LogP contribution in [-0.2, 0) is 6.42 Å². The lowest BCUT2D eigenvalue weighted by atomic mass is 10.1. The van der Waals surface area contributed by atoms with Gasteiger partial charge in [0, 0.05) is 5.69 Å². The largest absolute Gasteiger partial charge is 0.330 e. The van der Waals surface area contributed by atoms with Crippen LogP contribution in [0.15, 0.2) is 12.3 Å². The van der Waals surface area contributed by atoms with Crippen LogP contribution in [0, 0.1) is 12.7 Å². The highest BCUT2D eigenvalue weighted by Crippen LogP contribution is 2.07. The van der Waals surface area contributed by atoms with Gasteiger partial charge in [0.25, 0.3) is 0 Å². The van der Waals surface area contributed by atoms with E-state index >= 15 is 0 Å². The number of halogens is 1. The zero-order valence-corrected chi connectivity index (χ0v) is 7.18. The van der Waals surface area contributed by atoms with Gasteiger partial charge in [-0.1, -0.05) is 0 Å². The number of nitrogens with zero attached hydrogens (tertiary/aromatic N) is 1. The monoisotopic (exact) mass is 168 g/mol. The molecule has 1 rings (SSSR count). The van der Waals surface area contributed by atoms with Gasteiger partial charge in [-0.3, -0.25) is 4.98 Å². The average molecular weight is 168 g/mol. The Morgan fingerprint density at radius 2 is 2.33 bits per heavy atom. The highest BCUT2D eigenvalue weighted by molar-refractivity contribution is 5.18. The lowest BCUT2D eigenvalue weighted by Crippen LogP contribution is -2.03. The Hall–Kier alpha value is -0.960. The quantitative estimate of drug-likeness (QED) is 0.741. The highest BCUT2D eigenvalue weighted by atomic mass is 19.1. The third-order valence-electron chi connectivity index (χ3n) is 1.77. The molecule has 0 bridgehead atoms. The van der Waals surface area contributed by atoms with Gasteiger partial charge in [-0.2, -0.15) is 0 Å². The van der Waals surface area contributed by atoms with Gasteiger partial charge in [-0.15, -0.1) is 0 Å². The summed E-state index contributed by atoms with van der Waals surface area (Å²) < 4.78 is 12.6. The van der Waals surface area contributed by atoms with Crippen LogP contribution in [0.25, 0.3) is 0 Å². The molecule has 1 heterocycles. The molecule has 0 aliphatic carbocycles. The molecule has 3 heteroatoms. The number of pyridine rings is 1. The number of nitrogens with two attached hydrogens (primary N) is 1. The van der Waals surface area contributed by atoms with E-state index in [1.807, 2.05) is 6.92 Å². The van der Waals surface area contributed by atoms with E-state index in [4.69, 9.17) is 5.73 Å². The van der Waals surface area contributed by atoms with Crippen molar-refractivity contribution in [3.63, 3.8) is 0 Å². The van der Waals surface area contributed by atoms with E-state index in [1.54, 1.807) is 0 Å². The van der Waals surface area contributed by atoms with E-state index in [-0.39, 0.29) is 5.82 Å². The van der Waals surface area contributed by atoms with Crippen LogP contribution in [0.3, 0.4) is 0 Å². The molecular formula is C9H13FN2. The van der Waals surface area contributed by atoms with Gasteiger partial charge >= 0.3 is 0 Å². The molecule has 2 N–H and O–H groups in total. The summed E-state index contributed by atoms with van der Waals surface area (Å²) in [5.74, 6) is -0.274. The van der Waals surface area contributed by atoms with Crippen LogP contribution < -0.4 is 5.73 Å². The first-order valence-electron chi connectivity index (χ1n) is 4.05.